The van der Waals surface area contributed by atoms with Gasteiger partial charge in [-0.25, -0.2) is 9.67 Å². The highest BCUT2D eigenvalue weighted by Gasteiger charge is 2.08. The van der Waals surface area contributed by atoms with Crippen LogP contribution in [0.2, 0.25) is 0 Å². The number of rotatable bonds is 4. The molecule has 0 fully saturated rings. The molecule has 0 aliphatic heterocycles. The number of benzene rings is 1. The first-order valence-corrected chi connectivity index (χ1v) is 5.96. The quantitative estimate of drug-likeness (QED) is 0.852. The minimum Gasteiger partial charge on any atom is -0.351 e. The lowest BCUT2D eigenvalue weighted by Gasteiger charge is -2.08. The van der Waals surface area contributed by atoms with Gasteiger partial charge < -0.3 is 5.32 Å². The minimum absolute atomic E-state index is 0.178. The molecule has 94 valence electrons. The van der Waals surface area contributed by atoms with Gasteiger partial charge in [-0.15, -0.1) is 11.6 Å². The fourth-order valence-electron chi connectivity index (χ4n) is 1.48. The van der Waals surface area contributed by atoms with E-state index in [4.69, 9.17) is 11.6 Å². The molecule has 0 saturated heterocycles. The van der Waals surface area contributed by atoms with Crippen LogP contribution >= 0.6 is 11.6 Å². The summed E-state index contributed by atoms with van der Waals surface area (Å²) in [5.41, 5.74) is 1.88. The molecule has 0 aliphatic rings. The maximum absolute atomic E-state index is 11.4. The van der Waals surface area contributed by atoms with Crippen LogP contribution in [0.5, 0.6) is 0 Å². The fourth-order valence-corrected chi connectivity index (χ4v) is 1.56. The number of carbonyl (C=O) groups is 1. The second-order valence-corrected chi connectivity index (χ2v) is 4.50. The first-order chi connectivity index (χ1) is 8.66. The number of hydrogen-bond donors (Lipinski definition) is 1. The van der Waals surface area contributed by atoms with Gasteiger partial charge in [0.2, 0.25) is 5.91 Å². The molecule has 1 amide bonds. The summed E-state index contributed by atoms with van der Waals surface area (Å²) in [6.07, 6.45) is 3.10. The third-order valence-corrected chi connectivity index (χ3v) is 2.62. The van der Waals surface area contributed by atoms with Crippen molar-refractivity contribution < 1.29 is 4.79 Å². The number of alkyl halides is 1. The number of aromatic nitrogens is 3. The summed E-state index contributed by atoms with van der Waals surface area (Å²) in [5, 5.41) is 6.28. The molecule has 6 heteroatoms. The van der Waals surface area contributed by atoms with Crippen LogP contribution in [0.15, 0.2) is 36.9 Å². The van der Waals surface area contributed by atoms with Crippen molar-refractivity contribution in [3.63, 3.8) is 0 Å². The normalized spacial score (nSPS) is 12.1. The summed E-state index contributed by atoms with van der Waals surface area (Å²) in [5.74, 6) is -0.178. The molecular weight excluding hydrogens is 252 g/mol. The van der Waals surface area contributed by atoms with Crippen LogP contribution in [0.25, 0.3) is 5.69 Å². The largest absolute Gasteiger partial charge is 0.351 e. The SMILES string of the molecule is CC(Cl)C(=O)NCc1cccc(-n2cncn2)c1. The van der Waals surface area contributed by atoms with E-state index in [1.54, 1.807) is 17.9 Å². The molecule has 2 aromatic rings. The van der Waals surface area contributed by atoms with Crippen molar-refractivity contribution in [3.8, 4) is 5.69 Å². The van der Waals surface area contributed by atoms with Crippen LogP contribution in [0.1, 0.15) is 12.5 Å². The van der Waals surface area contributed by atoms with E-state index in [2.05, 4.69) is 15.4 Å². The van der Waals surface area contributed by atoms with Crippen molar-refractivity contribution >= 4 is 17.5 Å². The van der Waals surface area contributed by atoms with Crippen molar-refractivity contribution in [2.75, 3.05) is 0 Å². The summed E-state index contributed by atoms with van der Waals surface area (Å²) < 4.78 is 1.66. The Kier molecular flexibility index (Phi) is 3.94. The lowest BCUT2D eigenvalue weighted by atomic mass is 10.2. The van der Waals surface area contributed by atoms with Crippen LogP contribution in [-0.4, -0.2) is 26.0 Å². The molecule has 1 atom stereocenters. The van der Waals surface area contributed by atoms with Gasteiger partial charge in [-0.1, -0.05) is 12.1 Å². The molecule has 5 nitrogen and oxygen atoms in total. The molecule has 0 saturated carbocycles. The van der Waals surface area contributed by atoms with Gasteiger partial charge >= 0.3 is 0 Å². The maximum Gasteiger partial charge on any atom is 0.238 e. The molecule has 0 spiro atoms. The van der Waals surface area contributed by atoms with Gasteiger partial charge in [-0.2, -0.15) is 5.10 Å². The van der Waals surface area contributed by atoms with Gasteiger partial charge in [0.15, 0.2) is 0 Å². The third-order valence-electron chi connectivity index (χ3n) is 2.42. The fraction of sp³-hybridized carbons (Fsp3) is 0.250. The van der Waals surface area contributed by atoms with E-state index in [1.807, 2.05) is 24.3 Å². The Hall–Kier alpha value is -1.88. The average molecular weight is 265 g/mol. The Morgan fingerprint density at radius 2 is 2.39 bits per heavy atom. The van der Waals surface area contributed by atoms with Crippen molar-refractivity contribution in [1.82, 2.24) is 20.1 Å². The highest BCUT2D eigenvalue weighted by molar-refractivity contribution is 6.30. The zero-order chi connectivity index (χ0) is 13.0. The Bertz CT molecular complexity index is 525. The van der Waals surface area contributed by atoms with Gasteiger partial charge in [-0.05, 0) is 24.6 Å². The van der Waals surface area contributed by atoms with Gasteiger partial charge in [0.1, 0.15) is 18.0 Å². The standard InChI is InChI=1S/C12H13ClN4O/c1-9(13)12(18)15-6-10-3-2-4-11(5-10)17-8-14-7-16-17/h2-5,7-9H,6H2,1H3,(H,15,18). The molecule has 0 radical (unpaired) electrons. The van der Waals surface area contributed by atoms with Crippen LogP contribution in [-0.2, 0) is 11.3 Å². The number of nitrogens with zero attached hydrogens (tertiary/aromatic N) is 3. The van der Waals surface area contributed by atoms with E-state index in [9.17, 15) is 4.79 Å². The number of nitrogens with one attached hydrogen (secondary N) is 1. The van der Waals surface area contributed by atoms with Gasteiger partial charge in [-0.3, -0.25) is 4.79 Å². The number of amides is 1. The lowest BCUT2D eigenvalue weighted by Crippen LogP contribution is -2.29. The second-order valence-electron chi connectivity index (χ2n) is 3.84. The van der Waals surface area contributed by atoms with E-state index in [-0.39, 0.29) is 5.91 Å². The Morgan fingerprint density at radius 1 is 1.56 bits per heavy atom. The second kappa shape index (κ2) is 5.64. The molecule has 1 heterocycles. The van der Waals surface area contributed by atoms with E-state index >= 15 is 0 Å². The van der Waals surface area contributed by atoms with Crippen LogP contribution in [0.4, 0.5) is 0 Å². The van der Waals surface area contributed by atoms with E-state index < -0.39 is 5.38 Å². The smallest absolute Gasteiger partial charge is 0.238 e. The first-order valence-electron chi connectivity index (χ1n) is 5.52. The van der Waals surface area contributed by atoms with Crippen LogP contribution in [0.3, 0.4) is 0 Å². The topological polar surface area (TPSA) is 59.8 Å². The van der Waals surface area contributed by atoms with Crippen molar-refractivity contribution in [2.24, 2.45) is 0 Å². The molecule has 1 aromatic carbocycles. The maximum atomic E-state index is 11.4. The predicted octanol–water partition coefficient (Wildman–Crippen LogP) is 1.51. The Labute approximate surface area is 110 Å². The van der Waals surface area contributed by atoms with E-state index in [0.29, 0.717) is 6.54 Å². The zero-order valence-corrected chi connectivity index (χ0v) is 10.6. The number of halogens is 1. The van der Waals surface area contributed by atoms with Gasteiger partial charge in [0, 0.05) is 6.54 Å². The predicted molar refractivity (Wildman–Crippen MR) is 68.5 cm³/mol. The molecule has 1 aromatic heterocycles. The molecule has 0 bridgehead atoms. The number of carbonyl (C=O) groups excluding carboxylic acids is 1. The molecular formula is C12H13ClN4O. The molecule has 18 heavy (non-hydrogen) atoms. The number of hydrogen-bond acceptors (Lipinski definition) is 3. The minimum atomic E-state index is -0.525. The highest BCUT2D eigenvalue weighted by Crippen LogP contribution is 2.09. The summed E-state index contributed by atoms with van der Waals surface area (Å²) in [6, 6.07) is 7.69. The molecule has 1 unspecified atom stereocenters. The summed E-state index contributed by atoms with van der Waals surface area (Å²) >= 11 is 5.67. The van der Waals surface area contributed by atoms with Crippen molar-refractivity contribution in [2.45, 2.75) is 18.8 Å². The average Bonchev–Trinajstić information content (AvgIpc) is 2.90. The third kappa shape index (κ3) is 3.07. The monoisotopic (exact) mass is 264 g/mol. The first kappa shape index (κ1) is 12.6. The van der Waals surface area contributed by atoms with Gasteiger partial charge in [0.05, 0.1) is 5.69 Å². The molecule has 2 rings (SSSR count). The van der Waals surface area contributed by atoms with E-state index in [1.165, 1.54) is 6.33 Å². The lowest BCUT2D eigenvalue weighted by molar-refractivity contribution is -0.120. The zero-order valence-electron chi connectivity index (χ0n) is 9.88. The Morgan fingerprint density at radius 3 is 3.06 bits per heavy atom. The van der Waals surface area contributed by atoms with Gasteiger partial charge in [0.25, 0.3) is 0 Å². The summed E-state index contributed by atoms with van der Waals surface area (Å²) in [7, 11) is 0. The molecule has 0 aliphatic carbocycles. The van der Waals surface area contributed by atoms with Crippen LogP contribution in [0, 0.1) is 0 Å². The summed E-state index contributed by atoms with van der Waals surface area (Å²) in [6.45, 7) is 2.08. The van der Waals surface area contributed by atoms with E-state index in [0.717, 1.165) is 11.3 Å². The Balaban J connectivity index is 2.06. The molecule has 1 N–H and O–H groups in total. The van der Waals surface area contributed by atoms with Crippen LogP contribution < -0.4 is 5.32 Å². The summed E-state index contributed by atoms with van der Waals surface area (Å²) in [4.78, 5) is 15.2. The van der Waals surface area contributed by atoms with Crippen molar-refractivity contribution in [1.29, 1.82) is 0 Å². The highest BCUT2D eigenvalue weighted by atomic mass is 35.5. The van der Waals surface area contributed by atoms with Crippen molar-refractivity contribution in [3.05, 3.63) is 42.5 Å².